The van der Waals surface area contributed by atoms with Crippen molar-refractivity contribution in [2.45, 2.75) is 31.6 Å². The van der Waals surface area contributed by atoms with Crippen LogP contribution in [0.1, 0.15) is 43.0 Å². The second-order valence-electron chi connectivity index (χ2n) is 14.8. The fourth-order valence-corrected chi connectivity index (χ4v) is 7.98. The summed E-state index contributed by atoms with van der Waals surface area (Å²) in [4.78, 5) is 41.8. The molecule has 0 aliphatic carbocycles. The van der Waals surface area contributed by atoms with Crippen LogP contribution in [0.3, 0.4) is 0 Å². The van der Waals surface area contributed by atoms with E-state index in [-0.39, 0.29) is 36.0 Å². The zero-order valence-corrected chi connectivity index (χ0v) is 35.1. The lowest BCUT2D eigenvalue weighted by Crippen LogP contribution is -2.41. The summed E-state index contributed by atoms with van der Waals surface area (Å²) in [6.45, 7) is 1.59. The van der Waals surface area contributed by atoms with Crippen molar-refractivity contribution in [3.8, 4) is 28.0 Å². The molecule has 0 fully saturated rings. The van der Waals surface area contributed by atoms with Crippen LogP contribution < -0.4 is 15.4 Å². The number of nitrogens with zero attached hydrogens (tertiary/aromatic N) is 2. The minimum atomic E-state index is -4.03. The number of hydrogen-bond donors (Lipinski definition) is 1. The molecule has 0 saturated heterocycles. The molecule has 62 heavy (non-hydrogen) atoms. The first kappa shape index (κ1) is 42.8. The summed E-state index contributed by atoms with van der Waals surface area (Å²) in [6.07, 6.45) is 0. The number of primary amides is 1. The number of esters is 1. The van der Waals surface area contributed by atoms with E-state index in [1.807, 2.05) is 128 Å². The van der Waals surface area contributed by atoms with Gasteiger partial charge in [-0.25, -0.2) is 13.2 Å². The van der Waals surface area contributed by atoms with Crippen molar-refractivity contribution in [2.75, 3.05) is 18.5 Å². The molecule has 0 saturated carbocycles. The van der Waals surface area contributed by atoms with Crippen molar-refractivity contribution in [2.24, 2.45) is 5.73 Å². The summed E-state index contributed by atoms with van der Waals surface area (Å²) < 4.78 is 40.4. The van der Waals surface area contributed by atoms with Gasteiger partial charge >= 0.3 is 5.97 Å². The molecule has 7 aromatic rings. The number of anilines is 1. The number of hydrogen-bond acceptors (Lipinski definition) is 7. The molecule has 11 heteroatoms. The molecule has 0 unspecified atom stereocenters. The van der Waals surface area contributed by atoms with E-state index < -0.39 is 34.4 Å². The zero-order valence-electron chi connectivity index (χ0n) is 34.3. The van der Waals surface area contributed by atoms with Crippen LogP contribution in [0.2, 0.25) is 0 Å². The SMILES string of the molecule is Cc1ccc(S(=O)(=O)N(C)CC(=O)N(Cc2ccc(-c3ccc(C(N)=O)cc3-c3ccccc3)cc2)c2ccc(C(=O)OCc3ccccc3)c(OCc3ccccc3)c2)cc1. The first-order valence-electron chi connectivity index (χ1n) is 19.9. The zero-order chi connectivity index (χ0) is 43.6. The summed E-state index contributed by atoms with van der Waals surface area (Å²) in [5.41, 5.74) is 13.3. The van der Waals surface area contributed by atoms with Crippen LogP contribution >= 0.6 is 0 Å². The van der Waals surface area contributed by atoms with Gasteiger partial charge in [-0.15, -0.1) is 0 Å². The number of benzene rings is 7. The molecule has 0 aromatic heterocycles. The van der Waals surface area contributed by atoms with Crippen LogP contribution in [0.5, 0.6) is 5.75 Å². The Morgan fingerprint density at radius 2 is 1.21 bits per heavy atom. The number of likely N-dealkylation sites (N-methyl/N-ethyl adjacent to an activating group) is 1. The minimum absolute atomic E-state index is 0.0413. The Morgan fingerprint density at radius 3 is 1.84 bits per heavy atom. The van der Waals surface area contributed by atoms with Gasteiger partial charge in [0.25, 0.3) is 0 Å². The molecule has 10 nitrogen and oxygen atoms in total. The van der Waals surface area contributed by atoms with Crippen molar-refractivity contribution in [3.05, 3.63) is 209 Å². The fourth-order valence-electron chi connectivity index (χ4n) is 6.86. The average molecular weight is 844 g/mol. The summed E-state index contributed by atoms with van der Waals surface area (Å²) >= 11 is 0. The molecule has 312 valence electrons. The van der Waals surface area contributed by atoms with E-state index in [4.69, 9.17) is 15.2 Å². The highest BCUT2D eigenvalue weighted by atomic mass is 32.2. The van der Waals surface area contributed by atoms with E-state index in [1.165, 1.54) is 24.1 Å². The van der Waals surface area contributed by atoms with Gasteiger partial charge in [0.05, 0.1) is 18.0 Å². The van der Waals surface area contributed by atoms with E-state index in [0.717, 1.165) is 48.8 Å². The number of amides is 2. The van der Waals surface area contributed by atoms with Gasteiger partial charge in [-0.05, 0) is 82.3 Å². The van der Waals surface area contributed by atoms with Gasteiger partial charge in [-0.2, -0.15) is 4.31 Å². The normalized spacial score (nSPS) is 11.2. The summed E-state index contributed by atoms with van der Waals surface area (Å²) in [6, 6.07) is 52.7. The molecular weight excluding hydrogens is 799 g/mol. The van der Waals surface area contributed by atoms with Crippen molar-refractivity contribution in [1.29, 1.82) is 0 Å². The Balaban J connectivity index is 1.24. The predicted octanol–water partition coefficient (Wildman–Crippen LogP) is 9.22. The molecule has 0 radical (unpaired) electrons. The van der Waals surface area contributed by atoms with Gasteiger partial charge < -0.3 is 20.1 Å². The topological polar surface area (TPSA) is 136 Å². The summed E-state index contributed by atoms with van der Waals surface area (Å²) in [5.74, 6) is -1.48. The van der Waals surface area contributed by atoms with Crippen molar-refractivity contribution >= 4 is 33.5 Å². The van der Waals surface area contributed by atoms with Gasteiger partial charge in [-0.1, -0.05) is 139 Å². The third-order valence-corrected chi connectivity index (χ3v) is 12.1. The molecule has 2 amide bonds. The lowest BCUT2D eigenvalue weighted by atomic mass is 9.92. The molecule has 2 N–H and O–H groups in total. The fraction of sp³-hybridized carbons (Fsp3) is 0.118. The minimum Gasteiger partial charge on any atom is -0.488 e. The van der Waals surface area contributed by atoms with Crippen LogP contribution in [0.15, 0.2) is 181 Å². The van der Waals surface area contributed by atoms with Crippen LogP contribution in [0.4, 0.5) is 5.69 Å². The maximum absolute atomic E-state index is 14.5. The lowest BCUT2D eigenvalue weighted by molar-refractivity contribution is -0.118. The number of ether oxygens (including phenoxy) is 2. The Kier molecular flexibility index (Phi) is 13.4. The third-order valence-electron chi connectivity index (χ3n) is 10.3. The molecule has 0 aliphatic rings. The van der Waals surface area contributed by atoms with Crippen LogP contribution in [-0.2, 0) is 39.3 Å². The number of carbonyl (C=O) groups excluding carboxylic acids is 3. The smallest absolute Gasteiger partial charge is 0.342 e. The van der Waals surface area contributed by atoms with Gasteiger partial charge in [0.15, 0.2) is 0 Å². The van der Waals surface area contributed by atoms with Crippen molar-refractivity contribution in [3.63, 3.8) is 0 Å². The van der Waals surface area contributed by atoms with Gasteiger partial charge in [-0.3, -0.25) is 9.59 Å². The van der Waals surface area contributed by atoms with Gasteiger partial charge in [0, 0.05) is 24.4 Å². The number of sulfonamides is 1. The molecule has 0 atom stereocenters. The van der Waals surface area contributed by atoms with Gasteiger partial charge in [0.2, 0.25) is 21.8 Å². The maximum atomic E-state index is 14.5. The third kappa shape index (κ3) is 10.3. The molecule has 0 aliphatic heterocycles. The van der Waals surface area contributed by atoms with E-state index in [9.17, 15) is 22.8 Å². The number of carbonyl (C=O) groups is 3. The monoisotopic (exact) mass is 843 g/mol. The second-order valence-corrected chi connectivity index (χ2v) is 16.8. The van der Waals surface area contributed by atoms with Crippen molar-refractivity contribution < 1.29 is 32.3 Å². The first-order valence-corrected chi connectivity index (χ1v) is 21.3. The average Bonchev–Trinajstić information content (AvgIpc) is 3.30. The number of nitrogens with two attached hydrogens (primary N) is 1. The van der Waals surface area contributed by atoms with Crippen LogP contribution in [0.25, 0.3) is 22.3 Å². The molecule has 7 aromatic carbocycles. The van der Waals surface area contributed by atoms with Crippen LogP contribution in [-0.4, -0.2) is 44.1 Å². The van der Waals surface area contributed by atoms with E-state index in [2.05, 4.69) is 0 Å². The Labute approximate surface area is 361 Å². The van der Waals surface area contributed by atoms with Crippen molar-refractivity contribution in [1.82, 2.24) is 4.31 Å². The summed E-state index contributed by atoms with van der Waals surface area (Å²) in [5, 5.41) is 0. The highest BCUT2D eigenvalue weighted by Crippen LogP contribution is 2.34. The van der Waals surface area contributed by atoms with Crippen LogP contribution in [0, 0.1) is 6.92 Å². The Bertz CT molecular complexity index is 2780. The first-order chi connectivity index (χ1) is 30.0. The maximum Gasteiger partial charge on any atom is 0.342 e. The van der Waals surface area contributed by atoms with E-state index >= 15 is 0 Å². The van der Waals surface area contributed by atoms with E-state index in [1.54, 1.807) is 42.5 Å². The molecule has 0 bridgehead atoms. The van der Waals surface area contributed by atoms with E-state index in [0.29, 0.717) is 11.3 Å². The van der Waals surface area contributed by atoms with Gasteiger partial charge in [0.1, 0.15) is 24.5 Å². The highest BCUT2D eigenvalue weighted by Gasteiger charge is 2.28. The molecule has 0 spiro atoms. The molecular formula is C51H45N3O7S. The number of aryl methyl sites for hydroxylation is 1. The quantitative estimate of drug-likeness (QED) is 0.0959. The number of rotatable bonds is 16. The molecule has 0 heterocycles. The second kappa shape index (κ2) is 19.4. The summed E-state index contributed by atoms with van der Waals surface area (Å²) in [7, 11) is -2.67. The molecule has 7 rings (SSSR count). The predicted molar refractivity (Wildman–Crippen MR) is 241 cm³/mol. The Morgan fingerprint density at radius 1 is 0.613 bits per heavy atom. The highest BCUT2D eigenvalue weighted by molar-refractivity contribution is 7.89. The lowest BCUT2D eigenvalue weighted by Gasteiger charge is -2.27. The Hall–Kier alpha value is -7.34. The largest absolute Gasteiger partial charge is 0.488 e. The standard InChI is InChI=1S/C51H45N3O7S/c1-36-18-26-44(27-19-36)62(58,59)53(2)33-49(55)54(32-37-20-22-41(23-21-37)45-28-24-42(50(52)56)30-47(45)40-16-10-5-11-17-40)43-25-29-46(51(57)61-35-39-14-8-4-9-15-39)48(31-43)60-34-38-12-6-3-7-13-38/h3-31H,32-35H2,1-2H3,(H2,52,56).